The van der Waals surface area contributed by atoms with Crippen LogP contribution in [0.1, 0.15) is 27.7 Å². The molecule has 0 saturated carbocycles. The predicted molar refractivity (Wildman–Crippen MR) is 103 cm³/mol. The van der Waals surface area contributed by atoms with Crippen LogP contribution in [0.5, 0.6) is 0 Å². The molecule has 0 unspecified atom stereocenters. The lowest BCUT2D eigenvalue weighted by Crippen LogP contribution is -2.41. The second-order valence-corrected chi connectivity index (χ2v) is 7.87. The van der Waals surface area contributed by atoms with Crippen molar-refractivity contribution in [3.05, 3.63) is 18.2 Å². The number of nitrogens with zero attached hydrogens (tertiary/aromatic N) is 3. The van der Waals surface area contributed by atoms with Gasteiger partial charge in [0.25, 0.3) is 0 Å². The first kappa shape index (κ1) is 17.5. The fraction of sp³-hybridized carbons (Fsp3) is 0.556. The molecule has 0 atom stereocenters. The highest BCUT2D eigenvalue weighted by molar-refractivity contribution is 6.62. The number of anilines is 2. The Morgan fingerprint density at radius 1 is 1.04 bits per heavy atom. The molecular weight excluding hydrogens is 331 g/mol. The maximum absolute atomic E-state index is 6.19. The summed E-state index contributed by atoms with van der Waals surface area (Å²) < 4.78 is 17.8. The minimum atomic E-state index is -0.417. The third-order valence-corrected chi connectivity index (χ3v) is 5.55. The van der Waals surface area contributed by atoms with E-state index in [1.807, 2.05) is 12.1 Å². The maximum Gasteiger partial charge on any atom is 0.494 e. The van der Waals surface area contributed by atoms with Gasteiger partial charge in [-0.2, -0.15) is 4.98 Å². The molecular formula is C18H25BN4O3. The predicted octanol–water partition coefficient (Wildman–Crippen LogP) is 1.35. The Balaban J connectivity index is 1.76. The third kappa shape index (κ3) is 2.92. The van der Waals surface area contributed by atoms with Gasteiger partial charge in [0.05, 0.1) is 29.9 Å². The molecule has 7 nitrogen and oxygen atoms in total. The largest absolute Gasteiger partial charge is 0.494 e. The number of nitrogens with two attached hydrogens (primary N) is 1. The normalized spacial score (nSPS) is 22.2. The molecule has 2 fully saturated rings. The summed E-state index contributed by atoms with van der Waals surface area (Å²) in [6.07, 6.45) is 0. The molecule has 1 aromatic carbocycles. The number of morpholine rings is 1. The van der Waals surface area contributed by atoms with E-state index in [1.165, 1.54) is 0 Å². The molecule has 2 saturated heterocycles. The summed E-state index contributed by atoms with van der Waals surface area (Å²) >= 11 is 0. The van der Waals surface area contributed by atoms with E-state index in [-0.39, 0.29) is 17.2 Å². The van der Waals surface area contributed by atoms with Gasteiger partial charge in [-0.05, 0) is 45.3 Å². The van der Waals surface area contributed by atoms with Gasteiger partial charge in [-0.3, -0.25) is 0 Å². The van der Waals surface area contributed by atoms with Gasteiger partial charge in [-0.15, -0.1) is 0 Å². The van der Waals surface area contributed by atoms with E-state index in [9.17, 15) is 0 Å². The molecule has 2 aliphatic heterocycles. The van der Waals surface area contributed by atoms with Crippen LogP contribution in [0.2, 0.25) is 0 Å². The summed E-state index contributed by atoms with van der Waals surface area (Å²) in [7, 11) is -0.417. The molecule has 8 heteroatoms. The second kappa shape index (κ2) is 6.08. The van der Waals surface area contributed by atoms with E-state index in [0.717, 1.165) is 35.3 Å². The fourth-order valence-electron chi connectivity index (χ4n) is 3.29. The van der Waals surface area contributed by atoms with E-state index in [1.54, 1.807) is 0 Å². The lowest BCUT2D eigenvalue weighted by Gasteiger charge is -2.32. The molecule has 0 radical (unpaired) electrons. The zero-order chi connectivity index (χ0) is 18.5. The molecule has 0 amide bonds. The van der Waals surface area contributed by atoms with Crippen molar-refractivity contribution < 1.29 is 14.0 Å². The van der Waals surface area contributed by atoms with E-state index in [4.69, 9.17) is 19.8 Å². The monoisotopic (exact) mass is 356 g/mol. The van der Waals surface area contributed by atoms with Crippen molar-refractivity contribution in [2.24, 2.45) is 0 Å². The van der Waals surface area contributed by atoms with Crippen molar-refractivity contribution >= 4 is 35.3 Å². The lowest BCUT2D eigenvalue weighted by atomic mass is 9.78. The molecule has 0 spiro atoms. The number of nitrogen functional groups attached to an aromatic ring is 1. The summed E-state index contributed by atoms with van der Waals surface area (Å²) in [5, 5.41) is 0.952. The van der Waals surface area contributed by atoms with Crippen LogP contribution in [0.3, 0.4) is 0 Å². The quantitative estimate of drug-likeness (QED) is 0.814. The smallest absolute Gasteiger partial charge is 0.399 e. The number of hydrogen-bond donors (Lipinski definition) is 1. The third-order valence-electron chi connectivity index (χ3n) is 5.55. The van der Waals surface area contributed by atoms with E-state index in [0.29, 0.717) is 13.2 Å². The molecule has 26 heavy (non-hydrogen) atoms. The van der Waals surface area contributed by atoms with E-state index < -0.39 is 7.12 Å². The topological polar surface area (TPSA) is 82.7 Å². The Kier molecular flexibility index (Phi) is 4.09. The second-order valence-electron chi connectivity index (χ2n) is 7.87. The van der Waals surface area contributed by atoms with Crippen LogP contribution < -0.4 is 16.1 Å². The number of ether oxygens (including phenoxy) is 1. The van der Waals surface area contributed by atoms with Gasteiger partial charge in [0, 0.05) is 18.5 Å². The first-order valence-corrected chi connectivity index (χ1v) is 9.02. The summed E-state index contributed by atoms with van der Waals surface area (Å²) in [4.78, 5) is 11.1. The Morgan fingerprint density at radius 2 is 1.69 bits per heavy atom. The Bertz CT molecular complexity index is 821. The first-order chi connectivity index (χ1) is 12.3. The molecule has 3 heterocycles. The molecule has 138 valence electrons. The van der Waals surface area contributed by atoms with Crippen molar-refractivity contribution in [3.63, 3.8) is 0 Å². The van der Waals surface area contributed by atoms with Crippen LogP contribution in [-0.4, -0.2) is 54.6 Å². The average molecular weight is 356 g/mol. The minimum Gasteiger partial charge on any atom is -0.399 e. The van der Waals surface area contributed by atoms with Gasteiger partial charge in [0.2, 0.25) is 5.95 Å². The Hall–Kier alpha value is -1.90. The SMILES string of the molecule is CC1(C)OB(c2ccc3nc(N)nc(N4CCOCC4)c3c2)OC1(C)C. The van der Waals surface area contributed by atoms with Crippen LogP contribution in [-0.2, 0) is 14.0 Å². The molecule has 2 aliphatic rings. The fourth-order valence-corrected chi connectivity index (χ4v) is 3.29. The molecule has 4 rings (SSSR count). The number of benzene rings is 1. The number of hydrogen-bond acceptors (Lipinski definition) is 7. The summed E-state index contributed by atoms with van der Waals surface area (Å²) in [6.45, 7) is 11.1. The molecule has 1 aromatic heterocycles. The summed E-state index contributed by atoms with van der Waals surface area (Å²) in [5.41, 5.74) is 6.95. The van der Waals surface area contributed by atoms with Crippen LogP contribution in [0.25, 0.3) is 10.9 Å². The molecule has 2 aromatic rings. The zero-order valence-electron chi connectivity index (χ0n) is 15.8. The van der Waals surface area contributed by atoms with Crippen LogP contribution in [0, 0.1) is 0 Å². The Labute approximate surface area is 154 Å². The van der Waals surface area contributed by atoms with E-state index in [2.05, 4.69) is 48.6 Å². The van der Waals surface area contributed by atoms with Gasteiger partial charge >= 0.3 is 7.12 Å². The first-order valence-electron chi connectivity index (χ1n) is 9.02. The number of fused-ring (bicyclic) bond motifs is 1. The standard InChI is InChI=1S/C18H25BN4O3/c1-17(2)18(3,4)26-19(25-17)12-5-6-14-13(11-12)15(22-16(20)21-14)23-7-9-24-10-8-23/h5-6,11H,7-10H2,1-4H3,(H2,20,21,22). The maximum atomic E-state index is 6.19. The highest BCUT2D eigenvalue weighted by Crippen LogP contribution is 2.37. The molecule has 0 aliphatic carbocycles. The van der Waals surface area contributed by atoms with Crippen molar-refractivity contribution in [3.8, 4) is 0 Å². The van der Waals surface area contributed by atoms with Crippen molar-refractivity contribution in [1.29, 1.82) is 0 Å². The van der Waals surface area contributed by atoms with Crippen LogP contribution in [0.15, 0.2) is 18.2 Å². The van der Waals surface area contributed by atoms with Gasteiger partial charge in [0.15, 0.2) is 0 Å². The zero-order valence-corrected chi connectivity index (χ0v) is 15.8. The van der Waals surface area contributed by atoms with Gasteiger partial charge in [-0.1, -0.05) is 6.07 Å². The highest BCUT2D eigenvalue weighted by atomic mass is 16.7. The average Bonchev–Trinajstić information content (AvgIpc) is 2.82. The summed E-state index contributed by atoms with van der Waals surface area (Å²) in [6, 6.07) is 6.00. The van der Waals surface area contributed by atoms with Gasteiger partial charge in [0.1, 0.15) is 5.82 Å². The molecule has 0 bridgehead atoms. The van der Waals surface area contributed by atoms with Crippen molar-refractivity contribution in [2.45, 2.75) is 38.9 Å². The van der Waals surface area contributed by atoms with Crippen molar-refractivity contribution in [2.75, 3.05) is 36.9 Å². The molecule has 2 N–H and O–H groups in total. The van der Waals surface area contributed by atoms with Gasteiger partial charge in [-0.25, -0.2) is 4.98 Å². The Morgan fingerprint density at radius 3 is 2.35 bits per heavy atom. The van der Waals surface area contributed by atoms with Crippen LogP contribution >= 0.6 is 0 Å². The van der Waals surface area contributed by atoms with Crippen LogP contribution in [0.4, 0.5) is 11.8 Å². The minimum absolute atomic E-state index is 0.280. The lowest BCUT2D eigenvalue weighted by molar-refractivity contribution is 0.00578. The number of rotatable bonds is 2. The van der Waals surface area contributed by atoms with Gasteiger partial charge < -0.3 is 24.7 Å². The number of aromatic nitrogens is 2. The highest BCUT2D eigenvalue weighted by Gasteiger charge is 2.51. The summed E-state index contributed by atoms with van der Waals surface area (Å²) in [5.74, 6) is 1.12. The van der Waals surface area contributed by atoms with Crippen molar-refractivity contribution in [1.82, 2.24) is 9.97 Å². The van der Waals surface area contributed by atoms with E-state index >= 15 is 0 Å².